The van der Waals surface area contributed by atoms with Crippen molar-refractivity contribution in [1.82, 2.24) is 5.32 Å². The molecule has 150 valence electrons. The molecule has 4 aliphatic carbocycles. The van der Waals surface area contributed by atoms with Gasteiger partial charge in [0.15, 0.2) is 0 Å². The number of hydrogen-bond acceptors (Lipinski definition) is 2. The third-order valence-electron chi connectivity index (χ3n) is 8.31. The molecule has 1 atom stereocenters. The van der Waals surface area contributed by atoms with E-state index < -0.39 is 0 Å². The van der Waals surface area contributed by atoms with E-state index in [2.05, 4.69) is 12.2 Å². The zero-order chi connectivity index (χ0) is 19.6. The molecule has 1 unspecified atom stereocenters. The normalized spacial score (nSPS) is 32.8. The van der Waals surface area contributed by atoms with Crippen molar-refractivity contribution in [2.75, 3.05) is 0 Å². The number of benzene rings is 2. The van der Waals surface area contributed by atoms with Gasteiger partial charge in [0.1, 0.15) is 11.5 Å². The van der Waals surface area contributed by atoms with Crippen LogP contribution >= 0.6 is 0 Å². The molecular formula is C26H29NO2. The summed E-state index contributed by atoms with van der Waals surface area (Å²) in [7, 11) is 0. The molecule has 4 fully saturated rings. The molecule has 2 aromatic carbocycles. The third-order valence-corrected chi connectivity index (χ3v) is 8.31. The van der Waals surface area contributed by atoms with Crippen LogP contribution in [0.25, 0.3) is 0 Å². The van der Waals surface area contributed by atoms with E-state index in [-0.39, 0.29) is 17.9 Å². The highest BCUT2D eigenvalue weighted by molar-refractivity contribution is 5.89. The first-order valence-electron chi connectivity index (χ1n) is 11.3. The molecule has 0 spiro atoms. The van der Waals surface area contributed by atoms with Crippen LogP contribution in [0.3, 0.4) is 0 Å². The van der Waals surface area contributed by atoms with Gasteiger partial charge in [-0.1, -0.05) is 36.4 Å². The molecule has 5 aliphatic rings. The molecule has 3 heteroatoms. The van der Waals surface area contributed by atoms with Crippen LogP contribution < -0.4 is 10.1 Å². The van der Waals surface area contributed by atoms with E-state index in [4.69, 9.17) is 4.74 Å². The van der Waals surface area contributed by atoms with Crippen LogP contribution in [0.2, 0.25) is 0 Å². The van der Waals surface area contributed by atoms with Gasteiger partial charge in [-0.25, -0.2) is 0 Å². The molecule has 29 heavy (non-hydrogen) atoms. The maximum absolute atomic E-state index is 13.7. The summed E-state index contributed by atoms with van der Waals surface area (Å²) in [5.41, 5.74) is 2.26. The van der Waals surface area contributed by atoms with Gasteiger partial charge in [0, 0.05) is 17.2 Å². The number of carbonyl (C=O) groups is 1. The van der Waals surface area contributed by atoms with E-state index in [0.29, 0.717) is 5.41 Å². The summed E-state index contributed by atoms with van der Waals surface area (Å²) in [6, 6.07) is 16.2. The SMILES string of the molecule is CC(NC(=O)C1c2ccccc2Oc2ccccc21)C12CC3CC(CC(C3)C1)C2. The van der Waals surface area contributed by atoms with E-state index in [9.17, 15) is 4.79 Å². The van der Waals surface area contributed by atoms with Crippen molar-refractivity contribution in [3.05, 3.63) is 59.7 Å². The summed E-state index contributed by atoms with van der Waals surface area (Å²) >= 11 is 0. The van der Waals surface area contributed by atoms with Crippen molar-refractivity contribution in [3.8, 4) is 11.5 Å². The zero-order valence-electron chi connectivity index (χ0n) is 17.1. The lowest BCUT2D eigenvalue weighted by molar-refractivity contribution is -0.126. The van der Waals surface area contributed by atoms with Crippen molar-refractivity contribution < 1.29 is 9.53 Å². The Balaban J connectivity index is 1.31. The molecule has 2 aromatic rings. The third kappa shape index (κ3) is 2.73. The lowest BCUT2D eigenvalue weighted by Crippen LogP contribution is -2.56. The Morgan fingerprint density at radius 3 is 1.90 bits per heavy atom. The van der Waals surface area contributed by atoms with Gasteiger partial charge in [-0.2, -0.15) is 0 Å². The highest BCUT2D eigenvalue weighted by Gasteiger charge is 2.53. The second-order valence-corrected chi connectivity index (χ2v) is 10.1. The fourth-order valence-corrected chi connectivity index (χ4v) is 7.35. The van der Waals surface area contributed by atoms with Gasteiger partial charge in [0.25, 0.3) is 0 Å². The van der Waals surface area contributed by atoms with Crippen molar-refractivity contribution >= 4 is 5.91 Å². The van der Waals surface area contributed by atoms with Gasteiger partial charge in [0.2, 0.25) is 5.91 Å². The Hall–Kier alpha value is -2.29. The molecule has 0 radical (unpaired) electrons. The average molecular weight is 388 g/mol. The number of nitrogens with one attached hydrogen (secondary N) is 1. The predicted molar refractivity (Wildman–Crippen MR) is 113 cm³/mol. The van der Waals surface area contributed by atoms with Crippen LogP contribution in [0.5, 0.6) is 11.5 Å². The van der Waals surface area contributed by atoms with Gasteiger partial charge in [-0.05, 0) is 80.8 Å². The van der Waals surface area contributed by atoms with E-state index in [1.807, 2.05) is 48.5 Å². The number of carbonyl (C=O) groups excluding carboxylic acids is 1. The quantitative estimate of drug-likeness (QED) is 0.739. The first kappa shape index (κ1) is 17.6. The van der Waals surface area contributed by atoms with Crippen LogP contribution in [0.1, 0.15) is 62.5 Å². The molecule has 4 bridgehead atoms. The maximum Gasteiger partial charge on any atom is 0.232 e. The summed E-state index contributed by atoms with van der Waals surface area (Å²) in [5, 5.41) is 3.49. The Kier molecular flexibility index (Phi) is 3.85. The molecular weight excluding hydrogens is 358 g/mol. The minimum absolute atomic E-state index is 0.122. The fourth-order valence-electron chi connectivity index (χ4n) is 7.35. The molecule has 0 aromatic heterocycles. The Morgan fingerprint density at radius 1 is 0.897 bits per heavy atom. The summed E-state index contributed by atoms with van der Waals surface area (Å²) in [6.45, 7) is 2.27. The van der Waals surface area contributed by atoms with Gasteiger partial charge < -0.3 is 10.1 Å². The lowest BCUT2D eigenvalue weighted by atomic mass is 9.48. The van der Waals surface area contributed by atoms with Crippen LogP contribution in [0.4, 0.5) is 0 Å². The summed E-state index contributed by atoms with van der Waals surface area (Å²) < 4.78 is 6.08. The largest absolute Gasteiger partial charge is 0.457 e. The highest BCUT2D eigenvalue weighted by Crippen LogP contribution is 2.61. The first-order chi connectivity index (χ1) is 14.1. The van der Waals surface area contributed by atoms with Gasteiger partial charge in [-0.3, -0.25) is 4.79 Å². The second-order valence-electron chi connectivity index (χ2n) is 10.1. The molecule has 1 aliphatic heterocycles. The van der Waals surface area contributed by atoms with E-state index in [0.717, 1.165) is 40.4 Å². The number of rotatable bonds is 3. The molecule has 1 amide bonds. The number of ether oxygens (including phenoxy) is 1. The number of para-hydroxylation sites is 2. The average Bonchev–Trinajstić information content (AvgIpc) is 2.70. The van der Waals surface area contributed by atoms with Gasteiger partial charge in [0.05, 0.1) is 5.92 Å². The number of amides is 1. The first-order valence-corrected chi connectivity index (χ1v) is 11.3. The van der Waals surface area contributed by atoms with Gasteiger partial charge >= 0.3 is 0 Å². The van der Waals surface area contributed by atoms with Crippen molar-refractivity contribution in [3.63, 3.8) is 0 Å². The number of hydrogen-bond donors (Lipinski definition) is 1. The number of fused-ring (bicyclic) bond motifs is 2. The molecule has 3 nitrogen and oxygen atoms in total. The minimum atomic E-state index is -0.299. The fraction of sp³-hybridized carbons (Fsp3) is 0.500. The van der Waals surface area contributed by atoms with Crippen LogP contribution in [0, 0.1) is 23.2 Å². The summed E-state index contributed by atoms with van der Waals surface area (Å²) in [6.07, 6.45) is 8.21. The van der Waals surface area contributed by atoms with Crippen molar-refractivity contribution in [2.24, 2.45) is 23.2 Å². The van der Waals surface area contributed by atoms with Gasteiger partial charge in [-0.15, -0.1) is 0 Å². The molecule has 0 saturated heterocycles. The molecule has 1 heterocycles. The summed E-state index contributed by atoms with van der Waals surface area (Å²) in [4.78, 5) is 13.7. The van der Waals surface area contributed by atoms with Crippen LogP contribution in [0.15, 0.2) is 48.5 Å². The van der Waals surface area contributed by atoms with Crippen molar-refractivity contribution in [2.45, 2.75) is 57.4 Å². The smallest absolute Gasteiger partial charge is 0.232 e. The summed E-state index contributed by atoms with van der Waals surface area (Å²) in [5.74, 6) is 4.10. The topological polar surface area (TPSA) is 38.3 Å². The Bertz CT molecular complexity index is 884. The van der Waals surface area contributed by atoms with Crippen LogP contribution in [-0.4, -0.2) is 11.9 Å². The standard InChI is InChI=1S/C26H29NO2/c1-16(26-13-17-10-18(14-26)12-19(11-17)15-26)27-25(28)24-20-6-2-4-8-22(20)29-23-9-5-3-7-21(23)24/h2-9,16-19,24H,10-15H2,1H3,(H,27,28). The van der Waals surface area contributed by atoms with E-state index >= 15 is 0 Å². The monoisotopic (exact) mass is 387 g/mol. The lowest BCUT2D eigenvalue weighted by Gasteiger charge is -2.59. The minimum Gasteiger partial charge on any atom is -0.457 e. The maximum atomic E-state index is 13.7. The second kappa shape index (κ2) is 6.35. The predicted octanol–water partition coefficient (Wildman–Crippen LogP) is 5.65. The van der Waals surface area contributed by atoms with E-state index in [1.165, 1.54) is 38.5 Å². The van der Waals surface area contributed by atoms with E-state index in [1.54, 1.807) is 0 Å². The Labute approximate surface area is 172 Å². The molecule has 7 rings (SSSR count). The highest BCUT2D eigenvalue weighted by atomic mass is 16.5. The Morgan fingerprint density at radius 2 is 1.38 bits per heavy atom. The van der Waals surface area contributed by atoms with Crippen LogP contribution in [-0.2, 0) is 4.79 Å². The molecule has 4 saturated carbocycles. The van der Waals surface area contributed by atoms with Crippen molar-refractivity contribution in [1.29, 1.82) is 0 Å². The zero-order valence-corrected chi connectivity index (χ0v) is 17.1. The molecule has 1 N–H and O–H groups in total.